The Kier molecular flexibility index (Phi) is 3.91. The lowest BCUT2D eigenvalue weighted by atomic mass is 10.1. The summed E-state index contributed by atoms with van der Waals surface area (Å²) >= 11 is 6.62. The number of rotatable bonds is 3. The van der Waals surface area contributed by atoms with Crippen LogP contribution in [0, 0.1) is 4.77 Å². The van der Waals surface area contributed by atoms with Crippen molar-refractivity contribution in [3.8, 4) is 0 Å². The number of aromatic nitrogens is 2. The Hall–Kier alpha value is -2.25. The molecule has 3 aromatic rings. The summed E-state index contributed by atoms with van der Waals surface area (Å²) in [6.45, 7) is 1.33. The number of aromatic amines is 1. The van der Waals surface area contributed by atoms with Gasteiger partial charge in [-0.3, -0.25) is 15.0 Å². The fourth-order valence-electron chi connectivity index (χ4n) is 2.20. The van der Waals surface area contributed by atoms with Crippen LogP contribution in [0.4, 0.5) is 0 Å². The molecule has 3 rings (SSSR count). The number of fused-ring (bicyclic) bond motifs is 1. The number of thiophene rings is 1. The van der Waals surface area contributed by atoms with E-state index in [4.69, 9.17) is 12.2 Å². The molecule has 0 unspecified atom stereocenters. The van der Waals surface area contributed by atoms with Crippen molar-refractivity contribution in [3.05, 3.63) is 62.0 Å². The molecule has 0 aliphatic heterocycles. The second kappa shape index (κ2) is 5.86. The Morgan fingerprint density at radius 3 is 2.77 bits per heavy atom. The number of H-pyrrole nitrogens is 1. The summed E-state index contributed by atoms with van der Waals surface area (Å²) in [5.74, 6) is -0.347. The third kappa shape index (κ3) is 2.86. The van der Waals surface area contributed by atoms with Crippen LogP contribution in [0.1, 0.15) is 17.4 Å². The van der Waals surface area contributed by atoms with E-state index in [1.54, 1.807) is 0 Å². The molecule has 1 amide bonds. The maximum absolute atomic E-state index is 12.4. The molecule has 2 aromatic heterocycles. The molecule has 0 saturated carbocycles. The summed E-state index contributed by atoms with van der Waals surface area (Å²) in [7, 11) is 0. The topological polar surface area (TPSA) is 66.9 Å². The van der Waals surface area contributed by atoms with E-state index in [0.717, 1.165) is 20.8 Å². The van der Waals surface area contributed by atoms with E-state index in [-0.39, 0.29) is 16.2 Å². The molecule has 0 aliphatic rings. The number of nitrogens with one attached hydrogen (secondary N) is 2. The fourth-order valence-corrected chi connectivity index (χ4v) is 3.58. The molecule has 0 fully saturated rings. The highest BCUT2D eigenvalue weighted by atomic mass is 32.1. The maximum atomic E-state index is 12.4. The second-order valence-corrected chi connectivity index (χ2v) is 6.38. The van der Waals surface area contributed by atoms with Gasteiger partial charge in [-0.1, -0.05) is 30.3 Å². The van der Waals surface area contributed by atoms with Crippen molar-refractivity contribution in [2.75, 3.05) is 5.43 Å². The highest BCUT2D eigenvalue weighted by Crippen LogP contribution is 2.23. The monoisotopic (exact) mass is 331 g/mol. The Balaban J connectivity index is 2.07. The van der Waals surface area contributed by atoms with Crippen molar-refractivity contribution in [1.29, 1.82) is 0 Å². The van der Waals surface area contributed by atoms with Gasteiger partial charge in [0, 0.05) is 18.2 Å². The van der Waals surface area contributed by atoms with Crippen LogP contribution in [-0.2, 0) is 11.2 Å². The minimum atomic E-state index is -0.347. The Labute approximate surface area is 135 Å². The van der Waals surface area contributed by atoms with E-state index in [1.165, 1.54) is 23.8 Å². The number of benzene rings is 1. The molecule has 0 saturated heterocycles. The molecule has 2 heterocycles. The highest BCUT2D eigenvalue weighted by molar-refractivity contribution is 7.71. The summed E-state index contributed by atoms with van der Waals surface area (Å²) in [5, 5.41) is 0.526. The van der Waals surface area contributed by atoms with Gasteiger partial charge < -0.3 is 4.98 Å². The van der Waals surface area contributed by atoms with Gasteiger partial charge in [-0.25, -0.2) is 0 Å². The summed E-state index contributed by atoms with van der Waals surface area (Å²) in [6.07, 6.45) is 0.750. The summed E-state index contributed by atoms with van der Waals surface area (Å²) < 4.78 is 1.25. The van der Waals surface area contributed by atoms with Gasteiger partial charge in [0.1, 0.15) is 4.83 Å². The first-order valence-electron chi connectivity index (χ1n) is 6.64. The molecule has 112 valence electrons. The van der Waals surface area contributed by atoms with E-state index in [9.17, 15) is 9.59 Å². The van der Waals surface area contributed by atoms with Gasteiger partial charge >= 0.3 is 0 Å². The van der Waals surface area contributed by atoms with Crippen molar-refractivity contribution in [3.63, 3.8) is 0 Å². The highest BCUT2D eigenvalue weighted by Gasteiger charge is 2.11. The molecular formula is C15H13N3O2S2. The first kappa shape index (κ1) is 14.7. The van der Waals surface area contributed by atoms with Crippen LogP contribution >= 0.6 is 23.6 Å². The Bertz CT molecular complexity index is 954. The number of hydrogen-bond acceptors (Lipinski definition) is 4. The van der Waals surface area contributed by atoms with Crippen LogP contribution < -0.4 is 11.0 Å². The van der Waals surface area contributed by atoms with Gasteiger partial charge in [0.25, 0.3) is 5.56 Å². The number of hydrogen-bond donors (Lipinski definition) is 2. The predicted octanol–water partition coefficient (Wildman–Crippen LogP) is 2.80. The maximum Gasteiger partial charge on any atom is 0.282 e. The minimum absolute atomic E-state index is 0.181. The van der Waals surface area contributed by atoms with Crippen LogP contribution in [0.15, 0.2) is 41.2 Å². The van der Waals surface area contributed by atoms with Crippen LogP contribution in [0.5, 0.6) is 0 Å². The average molecular weight is 331 g/mol. The van der Waals surface area contributed by atoms with Gasteiger partial charge in [-0.2, -0.15) is 4.68 Å². The molecular weight excluding hydrogens is 318 g/mol. The molecule has 0 radical (unpaired) electrons. The van der Waals surface area contributed by atoms with Crippen molar-refractivity contribution in [2.24, 2.45) is 0 Å². The van der Waals surface area contributed by atoms with Gasteiger partial charge in [-0.05, 0) is 23.8 Å². The quantitative estimate of drug-likeness (QED) is 0.725. The van der Waals surface area contributed by atoms with Crippen LogP contribution in [0.3, 0.4) is 0 Å². The van der Waals surface area contributed by atoms with Gasteiger partial charge in [0.15, 0.2) is 0 Å². The summed E-state index contributed by atoms with van der Waals surface area (Å²) in [6, 6.07) is 11.9. The lowest BCUT2D eigenvalue weighted by Crippen LogP contribution is -2.32. The molecule has 22 heavy (non-hydrogen) atoms. The number of amides is 1. The third-order valence-electron chi connectivity index (χ3n) is 3.13. The fraction of sp³-hybridized carbons (Fsp3) is 0.133. The van der Waals surface area contributed by atoms with Crippen molar-refractivity contribution >= 4 is 39.7 Å². The number of carbonyl (C=O) groups excluding carboxylic acids is 1. The Morgan fingerprint density at radius 1 is 1.36 bits per heavy atom. The minimum Gasteiger partial charge on any atom is -0.322 e. The lowest BCUT2D eigenvalue weighted by Gasteiger charge is -2.05. The van der Waals surface area contributed by atoms with Gasteiger partial charge in [0.05, 0.1) is 5.39 Å². The summed E-state index contributed by atoms with van der Waals surface area (Å²) in [4.78, 5) is 28.4. The van der Waals surface area contributed by atoms with Gasteiger partial charge in [0.2, 0.25) is 10.7 Å². The molecule has 0 atom stereocenters. The second-order valence-electron chi connectivity index (χ2n) is 4.86. The van der Waals surface area contributed by atoms with E-state index < -0.39 is 0 Å². The van der Waals surface area contributed by atoms with Crippen molar-refractivity contribution in [2.45, 2.75) is 13.3 Å². The van der Waals surface area contributed by atoms with E-state index in [2.05, 4.69) is 10.4 Å². The molecule has 0 spiro atoms. The van der Waals surface area contributed by atoms with Crippen LogP contribution in [0.25, 0.3) is 10.2 Å². The third-order valence-corrected chi connectivity index (χ3v) is 4.47. The van der Waals surface area contributed by atoms with E-state index in [0.29, 0.717) is 5.39 Å². The standard InChI is InChI=1S/C15H13N3O2S2/c1-9(19)17-18-14(20)12-8-11(22-13(12)16-15(18)21)7-10-5-3-2-4-6-10/h2-6,8H,7H2,1H3,(H,16,21)(H,17,19). The zero-order chi connectivity index (χ0) is 15.7. The molecule has 1 aromatic carbocycles. The Morgan fingerprint density at radius 2 is 2.09 bits per heavy atom. The number of carbonyl (C=O) groups is 1. The first-order valence-corrected chi connectivity index (χ1v) is 7.86. The van der Waals surface area contributed by atoms with E-state index in [1.807, 2.05) is 36.4 Å². The predicted molar refractivity (Wildman–Crippen MR) is 90.6 cm³/mol. The van der Waals surface area contributed by atoms with Crippen LogP contribution in [-0.4, -0.2) is 15.6 Å². The normalized spacial score (nSPS) is 10.8. The molecule has 7 heteroatoms. The average Bonchev–Trinajstić information content (AvgIpc) is 2.87. The zero-order valence-electron chi connectivity index (χ0n) is 11.8. The largest absolute Gasteiger partial charge is 0.322 e. The molecule has 0 aliphatic carbocycles. The van der Waals surface area contributed by atoms with Crippen molar-refractivity contribution < 1.29 is 4.79 Å². The van der Waals surface area contributed by atoms with Crippen LogP contribution in [0.2, 0.25) is 0 Å². The lowest BCUT2D eigenvalue weighted by molar-refractivity contribution is -0.115. The molecule has 0 bridgehead atoms. The molecule has 5 nitrogen and oxygen atoms in total. The van der Waals surface area contributed by atoms with Crippen molar-refractivity contribution in [1.82, 2.24) is 9.66 Å². The number of nitrogens with zero attached hydrogens (tertiary/aromatic N) is 1. The first-order chi connectivity index (χ1) is 10.5. The SMILES string of the molecule is CC(=O)Nn1c(=S)[nH]c2sc(Cc3ccccc3)cc2c1=O. The van der Waals surface area contributed by atoms with E-state index >= 15 is 0 Å². The zero-order valence-corrected chi connectivity index (χ0v) is 13.4. The molecule has 2 N–H and O–H groups in total. The smallest absolute Gasteiger partial charge is 0.282 e. The van der Waals surface area contributed by atoms with Gasteiger partial charge in [-0.15, -0.1) is 11.3 Å². The summed E-state index contributed by atoms with van der Waals surface area (Å²) in [5.41, 5.74) is 3.29.